The molecule has 1 aromatic rings. The number of anilines is 1. The summed E-state index contributed by atoms with van der Waals surface area (Å²) < 4.78 is 0. The molecule has 1 N–H and O–H groups in total. The fourth-order valence-corrected chi connectivity index (χ4v) is 4.01. The van der Waals surface area contributed by atoms with Crippen molar-refractivity contribution in [3.63, 3.8) is 0 Å². The summed E-state index contributed by atoms with van der Waals surface area (Å²) in [5.41, 5.74) is 3.67. The number of carbonyl (C=O) groups excluding carboxylic acids is 1. The fourth-order valence-electron chi connectivity index (χ4n) is 4.01. The van der Waals surface area contributed by atoms with Crippen LogP contribution in [0.4, 0.5) is 5.69 Å². The summed E-state index contributed by atoms with van der Waals surface area (Å²) in [6.07, 6.45) is 4.69. The van der Waals surface area contributed by atoms with E-state index in [9.17, 15) is 9.59 Å². The predicted molar refractivity (Wildman–Crippen MR) is 94.3 cm³/mol. The van der Waals surface area contributed by atoms with Crippen molar-refractivity contribution in [2.75, 3.05) is 11.4 Å². The minimum Gasteiger partial charge on any atom is -0.481 e. The number of nitrogens with zero attached hydrogens (tertiary/aromatic N) is 1. The monoisotopic (exact) mass is 329 g/mol. The lowest BCUT2D eigenvalue weighted by Gasteiger charge is -2.35. The van der Waals surface area contributed by atoms with Crippen molar-refractivity contribution in [3.05, 3.63) is 29.3 Å². The van der Waals surface area contributed by atoms with Gasteiger partial charge in [0.25, 0.3) is 0 Å². The molecule has 4 heteroatoms. The van der Waals surface area contributed by atoms with Crippen LogP contribution in [0.1, 0.15) is 63.0 Å². The molecule has 1 saturated carbocycles. The van der Waals surface area contributed by atoms with Crippen molar-refractivity contribution >= 4 is 17.6 Å². The number of carboxylic acids is 1. The van der Waals surface area contributed by atoms with E-state index in [1.165, 1.54) is 11.1 Å². The Balaban J connectivity index is 1.75. The molecule has 0 atom stereocenters. The summed E-state index contributed by atoms with van der Waals surface area (Å²) in [5.74, 6) is -0.317. The number of amides is 1. The van der Waals surface area contributed by atoms with Crippen LogP contribution in [0.3, 0.4) is 0 Å². The van der Waals surface area contributed by atoms with Crippen molar-refractivity contribution < 1.29 is 14.7 Å². The Labute approximate surface area is 143 Å². The Morgan fingerprint density at radius 2 is 1.79 bits per heavy atom. The molecule has 1 fully saturated rings. The number of hydrogen-bond donors (Lipinski definition) is 1. The number of aliphatic carboxylic acids is 1. The second-order valence-electron chi connectivity index (χ2n) is 7.52. The molecule has 0 aromatic heterocycles. The minimum absolute atomic E-state index is 0.0173. The molecule has 1 aliphatic carbocycles. The largest absolute Gasteiger partial charge is 0.481 e. The topological polar surface area (TPSA) is 57.6 Å². The van der Waals surface area contributed by atoms with Crippen LogP contribution < -0.4 is 4.90 Å². The molecule has 0 bridgehead atoms. The summed E-state index contributed by atoms with van der Waals surface area (Å²) in [6, 6.07) is 6.49. The first kappa shape index (κ1) is 17.0. The molecular weight excluding hydrogens is 302 g/mol. The van der Waals surface area contributed by atoms with Gasteiger partial charge in [0.15, 0.2) is 0 Å². The van der Waals surface area contributed by atoms with Gasteiger partial charge in [0.05, 0.1) is 5.92 Å². The minimum atomic E-state index is -0.717. The maximum Gasteiger partial charge on any atom is 0.306 e. The van der Waals surface area contributed by atoms with E-state index in [4.69, 9.17) is 5.11 Å². The number of fused-ring (bicyclic) bond motifs is 1. The molecule has 130 valence electrons. The molecule has 0 spiro atoms. The van der Waals surface area contributed by atoms with Crippen molar-refractivity contribution in [3.8, 4) is 0 Å². The lowest BCUT2D eigenvalue weighted by atomic mass is 9.81. The Kier molecular flexibility index (Phi) is 4.93. The van der Waals surface area contributed by atoms with Crippen molar-refractivity contribution in [1.29, 1.82) is 0 Å². The summed E-state index contributed by atoms with van der Waals surface area (Å²) in [6.45, 7) is 5.16. The van der Waals surface area contributed by atoms with E-state index < -0.39 is 5.97 Å². The van der Waals surface area contributed by atoms with Gasteiger partial charge in [-0.2, -0.15) is 0 Å². The van der Waals surface area contributed by atoms with E-state index in [-0.39, 0.29) is 17.7 Å². The number of hydrogen-bond acceptors (Lipinski definition) is 2. The van der Waals surface area contributed by atoms with Crippen molar-refractivity contribution in [1.82, 2.24) is 0 Å². The zero-order valence-electron chi connectivity index (χ0n) is 14.6. The number of carboxylic acid groups (broad SMARTS) is 1. The highest BCUT2D eigenvalue weighted by Gasteiger charge is 2.33. The molecule has 1 aromatic carbocycles. The summed E-state index contributed by atoms with van der Waals surface area (Å²) >= 11 is 0. The second-order valence-corrected chi connectivity index (χ2v) is 7.52. The molecule has 0 saturated heterocycles. The third-order valence-electron chi connectivity index (χ3n) is 5.58. The number of aryl methyl sites for hydroxylation is 1. The van der Waals surface area contributed by atoms with Crippen LogP contribution in [0.5, 0.6) is 0 Å². The Morgan fingerprint density at radius 3 is 2.42 bits per heavy atom. The van der Waals surface area contributed by atoms with E-state index in [1.807, 2.05) is 4.90 Å². The molecule has 0 unspecified atom stereocenters. The molecule has 24 heavy (non-hydrogen) atoms. The number of benzene rings is 1. The third kappa shape index (κ3) is 3.33. The molecule has 1 aliphatic heterocycles. The van der Waals surface area contributed by atoms with Gasteiger partial charge in [-0.25, -0.2) is 0 Å². The standard InChI is InChI=1S/C20H27NO3/c1-13(2)16-9-10-18-17(12-16)4-3-11-21(18)19(22)14-5-7-15(8-6-14)20(23)24/h9-10,12-15H,3-8,11H2,1-2H3,(H,23,24). The summed E-state index contributed by atoms with van der Waals surface area (Å²) in [7, 11) is 0. The molecule has 2 aliphatic rings. The molecule has 4 nitrogen and oxygen atoms in total. The SMILES string of the molecule is CC(C)c1ccc2c(c1)CCCN2C(=O)C1CCC(C(=O)O)CC1. The van der Waals surface area contributed by atoms with E-state index in [0.29, 0.717) is 31.6 Å². The summed E-state index contributed by atoms with van der Waals surface area (Å²) in [5, 5.41) is 9.12. The molecule has 0 radical (unpaired) electrons. The van der Waals surface area contributed by atoms with Crippen molar-refractivity contribution in [2.24, 2.45) is 11.8 Å². The Bertz CT molecular complexity index is 630. The van der Waals surface area contributed by atoms with Crippen molar-refractivity contribution in [2.45, 2.75) is 58.3 Å². The number of rotatable bonds is 3. The Hall–Kier alpha value is -1.84. The molecule has 1 heterocycles. The highest BCUT2D eigenvalue weighted by molar-refractivity contribution is 5.96. The van der Waals surface area contributed by atoms with E-state index in [2.05, 4.69) is 32.0 Å². The predicted octanol–water partition coefficient (Wildman–Crippen LogP) is 3.98. The first-order valence-electron chi connectivity index (χ1n) is 9.14. The van der Waals surface area contributed by atoms with Gasteiger partial charge in [0, 0.05) is 18.2 Å². The van der Waals surface area contributed by atoms with E-state index >= 15 is 0 Å². The Morgan fingerprint density at radius 1 is 1.12 bits per heavy atom. The zero-order chi connectivity index (χ0) is 17.3. The fraction of sp³-hybridized carbons (Fsp3) is 0.600. The maximum atomic E-state index is 13.0. The van der Waals surface area contributed by atoms with Crippen LogP contribution in [0.2, 0.25) is 0 Å². The van der Waals surface area contributed by atoms with Crippen LogP contribution in [0.15, 0.2) is 18.2 Å². The van der Waals surface area contributed by atoms with Gasteiger partial charge in [-0.05, 0) is 61.6 Å². The first-order valence-corrected chi connectivity index (χ1v) is 9.14. The van der Waals surface area contributed by atoms with Crippen LogP contribution in [-0.4, -0.2) is 23.5 Å². The van der Waals surface area contributed by atoms with Gasteiger partial charge in [-0.15, -0.1) is 0 Å². The lowest BCUT2D eigenvalue weighted by Crippen LogP contribution is -2.41. The number of carbonyl (C=O) groups is 2. The molecule has 3 rings (SSSR count). The molecule has 1 amide bonds. The average molecular weight is 329 g/mol. The van der Waals surface area contributed by atoms with Gasteiger partial charge < -0.3 is 10.0 Å². The van der Waals surface area contributed by atoms with Crippen LogP contribution in [-0.2, 0) is 16.0 Å². The van der Waals surface area contributed by atoms with Gasteiger partial charge in [-0.3, -0.25) is 9.59 Å². The van der Waals surface area contributed by atoms with Gasteiger partial charge in [-0.1, -0.05) is 26.0 Å². The van der Waals surface area contributed by atoms with Gasteiger partial charge >= 0.3 is 5.97 Å². The smallest absolute Gasteiger partial charge is 0.306 e. The van der Waals surface area contributed by atoms with Gasteiger partial charge in [0.2, 0.25) is 5.91 Å². The van der Waals surface area contributed by atoms with Crippen LogP contribution in [0, 0.1) is 11.8 Å². The van der Waals surface area contributed by atoms with E-state index in [0.717, 1.165) is 25.1 Å². The van der Waals surface area contributed by atoms with E-state index in [1.54, 1.807) is 0 Å². The first-order chi connectivity index (χ1) is 11.5. The lowest BCUT2D eigenvalue weighted by molar-refractivity contribution is -0.144. The maximum absolute atomic E-state index is 13.0. The highest BCUT2D eigenvalue weighted by Crippen LogP contribution is 2.35. The zero-order valence-corrected chi connectivity index (χ0v) is 14.6. The van der Waals surface area contributed by atoms with Gasteiger partial charge in [0.1, 0.15) is 0 Å². The summed E-state index contributed by atoms with van der Waals surface area (Å²) in [4.78, 5) is 26.0. The average Bonchev–Trinajstić information content (AvgIpc) is 2.60. The van der Waals surface area contributed by atoms with Crippen LogP contribution in [0.25, 0.3) is 0 Å². The quantitative estimate of drug-likeness (QED) is 0.912. The van der Waals surface area contributed by atoms with Crippen LogP contribution >= 0.6 is 0 Å². The normalized spacial score (nSPS) is 23.9. The second kappa shape index (κ2) is 6.96. The third-order valence-corrected chi connectivity index (χ3v) is 5.58. The highest BCUT2D eigenvalue weighted by atomic mass is 16.4. The molecular formula is C20H27NO3.